The van der Waals surface area contributed by atoms with Crippen molar-refractivity contribution in [2.45, 2.75) is 5.16 Å². The fourth-order valence-corrected chi connectivity index (χ4v) is 4.20. The zero-order valence-corrected chi connectivity index (χ0v) is 17.5. The van der Waals surface area contributed by atoms with Crippen molar-refractivity contribution in [2.75, 3.05) is 37.3 Å². The molecule has 0 radical (unpaired) electrons. The van der Waals surface area contributed by atoms with Gasteiger partial charge in [-0.2, -0.15) is 0 Å². The lowest BCUT2D eigenvalue weighted by Crippen LogP contribution is -2.49. The molecule has 4 rings (SSSR count). The van der Waals surface area contributed by atoms with Gasteiger partial charge in [0.25, 0.3) is 5.91 Å². The van der Waals surface area contributed by atoms with E-state index in [1.807, 2.05) is 35.4 Å². The van der Waals surface area contributed by atoms with Gasteiger partial charge < -0.3 is 9.80 Å². The number of benzene rings is 2. The molecule has 1 amide bonds. The van der Waals surface area contributed by atoms with Gasteiger partial charge in [0.2, 0.25) is 0 Å². The van der Waals surface area contributed by atoms with Crippen molar-refractivity contribution in [3.05, 3.63) is 71.3 Å². The van der Waals surface area contributed by atoms with Gasteiger partial charge in [-0.25, -0.2) is 9.37 Å². The molecule has 1 saturated heterocycles. The lowest BCUT2D eigenvalue weighted by molar-refractivity contribution is 0.0738. The van der Waals surface area contributed by atoms with Gasteiger partial charge in [-0.3, -0.25) is 9.36 Å². The zero-order chi connectivity index (χ0) is 20.4. The molecule has 0 saturated carbocycles. The van der Waals surface area contributed by atoms with Crippen LogP contribution in [0.1, 0.15) is 10.5 Å². The molecule has 1 aliphatic heterocycles. The molecule has 8 heteroatoms. The predicted octanol–water partition coefficient (Wildman–Crippen LogP) is 4.35. The van der Waals surface area contributed by atoms with Crippen molar-refractivity contribution in [3.8, 4) is 5.69 Å². The lowest BCUT2D eigenvalue weighted by Gasteiger charge is -2.36. The first-order valence-electron chi connectivity index (χ1n) is 9.24. The molecule has 0 spiro atoms. The molecule has 1 aliphatic rings. The van der Waals surface area contributed by atoms with Crippen molar-refractivity contribution in [3.63, 3.8) is 0 Å². The van der Waals surface area contributed by atoms with E-state index in [0.29, 0.717) is 34.6 Å². The number of piperazine rings is 1. The Morgan fingerprint density at radius 1 is 1.07 bits per heavy atom. The third kappa shape index (κ3) is 4.11. The Kier molecular flexibility index (Phi) is 5.78. The number of amides is 1. The summed E-state index contributed by atoms with van der Waals surface area (Å²) in [4.78, 5) is 21.7. The first kappa shape index (κ1) is 19.8. The van der Waals surface area contributed by atoms with E-state index in [2.05, 4.69) is 9.88 Å². The third-order valence-corrected chi connectivity index (χ3v) is 5.84. The maximum atomic E-state index is 13.3. The van der Waals surface area contributed by atoms with Crippen LogP contribution in [0.2, 0.25) is 5.02 Å². The van der Waals surface area contributed by atoms with Gasteiger partial charge in [0.05, 0.1) is 6.20 Å². The number of halogens is 2. The molecular formula is C21H20ClFN4OS. The minimum Gasteiger partial charge on any atom is -0.368 e. The first-order chi connectivity index (χ1) is 14.1. The summed E-state index contributed by atoms with van der Waals surface area (Å²) in [6.07, 6.45) is 3.50. The Morgan fingerprint density at radius 2 is 1.79 bits per heavy atom. The van der Waals surface area contributed by atoms with E-state index in [1.165, 1.54) is 23.9 Å². The Hall–Kier alpha value is -2.51. The maximum Gasteiger partial charge on any atom is 0.272 e. The van der Waals surface area contributed by atoms with Gasteiger partial charge in [0.1, 0.15) is 11.5 Å². The number of imidazole rings is 1. The van der Waals surface area contributed by atoms with E-state index >= 15 is 0 Å². The van der Waals surface area contributed by atoms with Crippen LogP contribution in [-0.4, -0.2) is 52.8 Å². The van der Waals surface area contributed by atoms with Crippen LogP contribution < -0.4 is 4.90 Å². The highest BCUT2D eigenvalue weighted by Crippen LogP contribution is 2.25. The van der Waals surface area contributed by atoms with E-state index in [9.17, 15) is 9.18 Å². The molecule has 150 valence electrons. The first-order valence-corrected chi connectivity index (χ1v) is 10.8. The van der Waals surface area contributed by atoms with Gasteiger partial charge in [-0.1, -0.05) is 29.4 Å². The molecular weight excluding hydrogens is 411 g/mol. The van der Waals surface area contributed by atoms with E-state index in [0.717, 1.165) is 18.8 Å². The molecule has 0 unspecified atom stereocenters. The Balaban J connectivity index is 1.54. The molecule has 1 fully saturated rings. The number of thioether (sulfide) groups is 1. The van der Waals surface area contributed by atoms with Gasteiger partial charge >= 0.3 is 0 Å². The van der Waals surface area contributed by atoms with E-state index in [1.54, 1.807) is 22.9 Å². The summed E-state index contributed by atoms with van der Waals surface area (Å²) < 4.78 is 15.1. The van der Waals surface area contributed by atoms with E-state index in [-0.39, 0.29) is 11.7 Å². The molecule has 5 nitrogen and oxygen atoms in total. The number of hydrogen-bond donors (Lipinski definition) is 0. The van der Waals surface area contributed by atoms with Crippen LogP contribution in [0.4, 0.5) is 10.1 Å². The molecule has 3 aromatic rings. The van der Waals surface area contributed by atoms with Crippen LogP contribution in [0.3, 0.4) is 0 Å². The minimum atomic E-state index is -0.315. The van der Waals surface area contributed by atoms with Crippen LogP contribution in [0.25, 0.3) is 5.69 Å². The van der Waals surface area contributed by atoms with Crippen molar-refractivity contribution in [1.29, 1.82) is 0 Å². The molecule has 0 bridgehead atoms. The Bertz CT molecular complexity index is 1020. The quantitative estimate of drug-likeness (QED) is 0.577. The average Bonchev–Trinajstić information content (AvgIpc) is 3.18. The Labute approximate surface area is 178 Å². The van der Waals surface area contributed by atoms with Crippen molar-refractivity contribution in [1.82, 2.24) is 14.5 Å². The zero-order valence-electron chi connectivity index (χ0n) is 15.9. The number of anilines is 1. The fourth-order valence-electron chi connectivity index (χ4n) is 3.47. The van der Waals surface area contributed by atoms with E-state index in [4.69, 9.17) is 11.6 Å². The highest BCUT2D eigenvalue weighted by Gasteiger charge is 2.26. The molecule has 2 heterocycles. The fraction of sp³-hybridized carbons (Fsp3) is 0.238. The largest absolute Gasteiger partial charge is 0.368 e. The number of rotatable bonds is 4. The maximum absolute atomic E-state index is 13.3. The smallest absolute Gasteiger partial charge is 0.272 e. The predicted molar refractivity (Wildman–Crippen MR) is 115 cm³/mol. The number of carbonyl (C=O) groups is 1. The topological polar surface area (TPSA) is 41.4 Å². The summed E-state index contributed by atoms with van der Waals surface area (Å²) >= 11 is 7.54. The van der Waals surface area contributed by atoms with Gasteiger partial charge in [0.15, 0.2) is 5.16 Å². The van der Waals surface area contributed by atoms with Gasteiger partial charge in [-0.15, -0.1) is 0 Å². The highest BCUT2D eigenvalue weighted by molar-refractivity contribution is 7.98. The third-order valence-electron chi connectivity index (χ3n) is 4.96. The van der Waals surface area contributed by atoms with Crippen LogP contribution in [-0.2, 0) is 0 Å². The van der Waals surface area contributed by atoms with Crippen LogP contribution >= 0.6 is 23.4 Å². The average molecular weight is 431 g/mol. The molecule has 29 heavy (non-hydrogen) atoms. The molecule has 0 aliphatic carbocycles. The monoisotopic (exact) mass is 430 g/mol. The summed E-state index contributed by atoms with van der Waals surface area (Å²) in [6.45, 7) is 2.67. The van der Waals surface area contributed by atoms with Crippen molar-refractivity contribution in [2.24, 2.45) is 0 Å². The number of aromatic nitrogens is 2. The Morgan fingerprint density at radius 3 is 2.45 bits per heavy atom. The summed E-state index contributed by atoms with van der Waals surface area (Å²) in [7, 11) is 0. The van der Waals surface area contributed by atoms with Gasteiger partial charge in [0, 0.05) is 42.6 Å². The summed E-state index contributed by atoms with van der Waals surface area (Å²) in [5.74, 6) is -0.391. The highest BCUT2D eigenvalue weighted by atomic mass is 35.5. The number of nitrogens with zero attached hydrogens (tertiary/aromatic N) is 4. The van der Waals surface area contributed by atoms with Crippen molar-refractivity contribution < 1.29 is 9.18 Å². The molecule has 1 aromatic heterocycles. The minimum absolute atomic E-state index is 0.0760. The summed E-state index contributed by atoms with van der Waals surface area (Å²) in [5, 5.41) is 1.39. The van der Waals surface area contributed by atoms with Crippen LogP contribution in [0, 0.1) is 5.82 Å². The normalized spacial score (nSPS) is 14.3. The molecule has 2 aromatic carbocycles. The van der Waals surface area contributed by atoms with Crippen LogP contribution in [0.5, 0.6) is 0 Å². The summed E-state index contributed by atoms with van der Waals surface area (Å²) in [5.41, 5.74) is 2.26. The van der Waals surface area contributed by atoms with E-state index < -0.39 is 0 Å². The summed E-state index contributed by atoms with van der Waals surface area (Å²) in [6, 6.07) is 13.8. The second-order valence-electron chi connectivity index (χ2n) is 6.70. The number of carbonyl (C=O) groups excluding carboxylic acids is 1. The van der Waals surface area contributed by atoms with Gasteiger partial charge in [-0.05, 0) is 48.7 Å². The SMILES string of the molecule is CSc1ncc(C(=O)N2CCN(c3cccc(Cl)c3)CC2)n1-c1ccc(F)cc1. The second-order valence-corrected chi connectivity index (χ2v) is 7.91. The lowest BCUT2D eigenvalue weighted by atomic mass is 10.2. The molecule has 0 atom stereocenters. The second kappa shape index (κ2) is 8.47. The molecule has 0 N–H and O–H groups in total. The standard InChI is InChI=1S/C21H20ClFN4OS/c1-29-21-24-14-19(27(21)17-7-5-16(23)6-8-17)20(28)26-11-9-25(10-12-26)18-4-2-3-15(22)13-18/h2-8,13-14H,9-12H2,1H3. The number of hydrogen-bond acceptors (Lipinski definition) is 4. The van der Waals surface area contributed by atoms with Crippen LogP contribution in [0.15, 0.2) is 59.9 Å². The van der Waals surface area contributed by atoms with Crippen molar-refractivity contribution >= 4 is 35.0 Å².